The molecule has 2 aromatic carbocycles. The summed E-state index contributed by atoms with van der Waals surface area (Å²) in [6.45, 7) is 0.467. The predicted octanol–water partition coefficient (Wildman–Crippen LogP) is 2.72. The van der Waals surface area contributed by atoms with Gasteiger partial charge in [-0.1, -0.05) is 12.1 Å². The van der Waals surface area contributed by atoms with Gasteiger partial charge in [-0.15, -0.1) is 0 Å². The molecular formula is C14H12N4O3. The second-order valence-electron chi connectivity index (χ2n) is 4.45. The molecule has 3 aromatic rings. The first-order valence-electron chi connectivity index (χ1n) is 6.27. The molecule has 0 aliphatic carbocycles. The van der Waals surface area contributed by atoms with Gasteiger partial charge in [0, 0.05) is 18.7 Å². The standard InChI is InChI=1S/C14H12N4O3/c15-8-9-1-4-11(5-2-9)21-14-16-12-6-3-10(18(19)20)7-13(12)17-14/h1-7H,8,15H2,(H,16,17). The quantitative estimate of drug-likeness (QED) is 0.565. The van der Waals surface area contributed by atoms with Gasteiger partial charge in [0.15, 0.2) is 0 Å². The van der Waals surface area contributed by atoms with E-state index in [9.17, 15) is 10.1 Å². The van der Waals surface area contributed by atoms with E-state index in [1.165, 1.54) is 12.1 Å². The molecule has 0 saturated carbocycles. The van der Waals surface area contributed by atoms with E-state index >= 15 is 0 Å². The lowest BCUT2D eigenvalue weighted by Gasteiger charge is -2.02. The van der Waals surface area contributed by atoms with Gasteiger partial charge in [-0.25, -0.2) is 0 Å². The summed E-state index contributed by atoms with van der Waals surface area (Å²) >= 11 is 0. The third-order valence-corrected chi connectivity index (χ3v) is 3.03. The number of aromatic nitrogens is 2. The second kappa shape index (κ2) is 5.22. The molecule has 0 fully saturated rings. The number of nitro groups is 1. The summed E-state index contributed by atoms with van der Waals surface area (Å²) in [5, 5.41) is 10.7. The molecule has 21 heavy (non-hydrogen) atoms. The molecule has 106 valence electrons. The van der Waals surface area contributed by atoms with Crippen LogP contribution in [0.5, 0.6) is 11.8 Å². The third-order valence-electron chi connectivity index (χ3n) is 3.03. The molecule has 0 amide bonds. The van der Waals surface area contributed by atoms with Gasteiger partial charge in [-0.2, -0.15) is 4.98 Å². The van der Waals surface area contributed by atoms with Crippen LogP contribution < -0.4 is 10.5 Å². The van der Waals surface area contributed by atoms with Crippen LogP contribution in [0.25, 0.3) is 11.0 Å². The van der Waals surface area contributed by atoms with Crippen molar-refractivity contribution in [3.63, 3.8) is 0 Å². The molecular weight excluding hydrogens is 272 g/mol. The summed E-state index contributed by atoms with van der Waals surface area (Å²) in [5.74, 6) is 0.612. The van der Waals surface area contributed by atoms with E-state index in [4.69, 9.17) is 10.5 Å². The molecule has 0 aliphatic heterocycles. The SMILES string of the molecule is NCc1ccc(Oc2nc3ccc([N+](=O)[O-])cc3[nH]2)cc1. The molecule has 0 unspecified atom stereocenters. The minimum atomic E-state index is -0.452. The normalized spacial score (nSPS) is 10.7. The van der Waals surface area contributed by atoms with Crippen LogP contribution in [0.4, 0.5) is 5.69 Å². The number of benzene rings is 2. The maximum atomic E-state index is 10.7. The lowest BCUT2D eigenvalue weighted by atomic mass is 10.2. The number of nitrogens with two attached hydrogens (primary N) is 1. The van der Waals surface area contributed by atoms with Crippen molar-refractivity contribution < 1.29 is 9.66 Å². The fraction of sp³-hybridized carbons (Fsp3) is 0.0714. The molecule has 7 heteroatoms. The number of nitro benzene ring substituents is 1. The van der Waals surface area contributed by atoms with Crippen LogP contribution in [-0.4, -0.2) is 14.9 Å². The lowest BCUT2D eigenvalue weighted by Crippen LogP contribution is -1.95. The van der Waals surface area contributed by atoms with Gasteiger partial charge in [0.2, 0.25) is 0 Å². The van der Waals surface area contributed by atoms with E-state index < -0.39 is 4.92 Å². The van der Waals surface area contributed by atoms with Crippen molar-refractivity contribution in [2.45, 2.75) is 6.54 Å². The molecule has 0 aliphatic rings. The van der Waals surface area contributed by atoms with Crippen LogP contribution >= 0.6 is 0 Å². The van der Waals surface area contributed by atoms with E-state index in [0.29, 0.717) is 23.3 Å². The van der Waals surface area contributed by atoms with Crippen molar-refractivity contribution in [1.29, 1.82) is 0 Å². The number of imidazole rings is 1. The Morgan fingerprint density at radius 2 is 2.00 bits per heavy atom. The summed E-state index contributed by atoms with van der Waals surface area (Å²) in [4.78, 5) is 17.4. The monoisotopic (exact) mass is 284 g/mol. The first kappa shape index (κ1) is 13.1. The van der Waals surface area contributed by atoms with Gasteiger partial charge in [-0.05, 0) is 23.8 Å². The highest BCUT2D eigenvalue weighted by atomic mass is 16.6. The maximum absolute atomic E-state index is 10.7. The lowest BCUT2D eigenvalue weighted by molar-refractivity contribution is -0.384. The summed E-state index contributed by atoms with van der Waals surface area (Å²) in [6, 6.07) is 12.0. The van der Waals surface area contributed by atoms with Gasteiger partial charge in [0.05, 0.1) is 16.0 Å². The molecule has 1 aromatic heterocycles. The number of hydrogen-bond donors (Lipinski definition) is 2. The molecule has 0 bridgehead atoms. The molecule has 0 radical (unpaired) electrons. The number of H-pyrrole nitrogens is 1. The number of hydrogen-bond acceptors (Lipinski definition) is 5. The number of ether oxygens (including phenoxy) is 1. The average Bonchev–Trinajstić information content (AvgIpc) is 2.89. The minimum absolute atomic E-state index is 0.00463. The summed E-state index contributed by atoms with van der Waals surface area (Å²) in [6.07, 6.45) is 0. The highest BCUT2D eigenvalue weighted by Crippen LogP contribution is 2.24. The van der Waals surface area contributed by atoms with Crippen molar-refractivity contribution in [2.75, 3.05) is 0 Å². The Morgan fingerprint density at radius 3 is 2.67 bits per heavy atom. The van der Waals surface area contributed by atoms with Crippen LogP contribution in [0, 0.1) is 10.1 Å². The van der Waals surface area contributed by atoms with E-state index in [0.717, 1.165) is 5.56 Å². The molecule has 0 atom stereocenters. The molecule has 3 rings (SSSR count). The van der Waals surface area contributed by atoms with Crippen LogP contribution in [0.3, 0.4) is 0 Å². The Balaban J connectivity index is 1.88. The van der Waals surface area contributed by atoms with E-state index in [2.05, 4.69) is 9.97 Å². The number of rotatable bonds is 4. The third kappa shape index (κ3) is 2.67. The fourth-order valence-corrected chi connectivity index (χ4v) is 1.94. The Morgan fingerprint density at radius 1 is 1.24 bits per heavy atom. The average molecular weight is 284 g/mol. The molecule has 7 nitrogen and oxygen atoms in total. The maximum Gasteiger partial charge on any atom is 0.300 e. The smallest absolute Gasteiger partial charge is 0.300 e. The zero-order valence-corrected chi connectivity index (χ0v) is 10.9. The van der Waals surface area contributed by atoms with E-state index in [-0.39, 0.29) is 11.7 Å². The highest BCUT2D eigenvalue weighted by molar-refractivity contribution is 5.78. The van der Waals surface area contributed by atoms with Gasteiger partial charge in [-0.3, -0.25) is 10.1 Å². The van der Waals surface area contributed by atoms with Gasteiger partial charge >= 0.3 is 0 Å². The number of fused-ring (bicyclic) bond motifs is 1. The summed E-state index contributed by atoms with van der Waals surface area (Å²) in [5.41, 5.74) is 7.69. The van der Waals surface area contributed by atoms with Crippen molar-refractivity contribution in [3.05, 3.63) is 58.1 Å². The second-order valence-corrected chi connectivity index (χ2v) is 4.45. The van der Waals surface area contributed by atoms with Crippen molar-refractivity contribution >= 4 is 16.7 Å². The van der Waals surface area contributed by atoms with E-state index in [1.54, 1.807) is 18.2 Å². The Bertz CT molecular complexity index is 796. The molecule has 1 heterocycles. The first-order valence-corrected chi connectivity index (χ1v) is 6.27. The number of non-ortho nitro benzene ring substituents is 1. The van der Waals surface area contributed by atoms with Crippen LogP contribution in [0.15, 0.2) is 42.5 Å². The van der Waals surface area contributed by atoms with Crippen LogP contribution in [-0.2, 0) is 6.54 Å². The Labute approximate surface area is 119 Å². The van der Waals surface area contributed by atoms with Crippen LogP contribution in [0.1, 0.15) is 5.56 Å². The highest BCUT2D eigenvalue weighted by Gasteiger charge is 2.10. The molecule has 0 spiro atoms. The summed E-state index contributed by atoms with van der Waals surface area (Å²) < 4.78 is 5.59. The zero-order chi connectivity index (χ0) is 14.8. The number of nitrogens with one attached hydrogen (secondary N) is 1. The molecule has 3 N–H and O–H groups in total. The van der Waals surface area contributed by atoms with Gasteiger partial charge in [0.1, 0.15) is 5.75 Å². The predicted molar refractivity (Wildman–Crippen MR) is 77.2 cm³/mol. The number of aromatic amines is 1. The van der Waals surface area contributed by atoms with Crippen molar-refractivity contribution in [1.82, 2.24) is 9.97 Å². The Kier molecular flexibility index (Phi) is 3.25. The largest absolute Gasteiger partial charge is 0.426 e. The first-order chi connectivity index (χ1) is 10.2. The molecule has 0 saturated heterocycles. The van der Waals surface area contributed by atoms with Gasteiger partial charge in [0.25, 0.3) is 11.7 Å². The Hall–Kier alpha value is -2.93. The van der Waals surface area contributed by atoms with Gasteiger partial charge < -0.3 is 15.5 Å². The minimum Gasteiger partial charge on any atom is -0.426 e. The van der Waals surface area contributed by atoms with E-state index in [1.807, 2.05) is 12.1 Å². The number of nitrogens with zero attached hydrogens (tertiary/aromatic N) is 2. The van der Waals surface area contributed by atoms with Crippen LogP contribution in [0.2, 0.25) is 0 Å². The summed E-state index contributed by atoms with van der Waals surface area (Å²) in [7, 11) is 0. The van der Waals surface area contributed by atoms with Crippen molar-refractivity contribution in [3.8, 4) is 11.8 Å². The fourth-order valence-electron chi connectivity index (χ4n) is 1.94. The topological polar surface area (TPSA) is 107 Å². The zero-order valence-electron chi connectivity index (χ0n) is 10.9. The van der Waals surface area contributed by atoms with Crippen molar-refractivity contribution in [2.24, 2.45) is 5.73 Å².